The molecule has 0 aliphatic heterocycles. The number of carboxylic acid groups (broad SMARTS) is 1. The van der Waals surface area contributed by atoms with Crippen molar-refractivity contribution in [3.8, 4) is 0 Å². The van der Waals surface area contributed by atoms with E-state index in [2.05, 4.69) is 15.6 Å². The Morgan fingerprint density at radius 3 is 2.67 bits per heavy atom. The maximum Gasteiger partial charge on any atom is 0.434 e. The van der Waals surface area contributed by atoms with Crippen LogP contribution in [0.3, 0.4) is 0 Å². The summed E-state index contributed by atoms with van der Waals surface area (Å²) < 4.78 is 37.2. The standard InChI is InChI=1S/C11H14F3N3O3S/c1-6(9-17-7(5-21-9)11(12,13)14)16-10(20)15-4-2-3-8(18)19/h5-6H,2-4H2,1H3,(H,18,19)(H2,15,16,20). The Morgan fingerprint density at radius 2 is 2.14 bits per heavy atom. The van der Waals surface area contributed by atoms with E-state index in [4.69, 9.17) is 5.11 Å². The van der Waals surface area contributed by atoms with Crippen LogP contribution in [0.2, 0.25) is 0 Å². The second-order valence-corrected chi connectivity index (χ2v) is 5.08. The number of carboxylic acids is 1. The van der Waals surface area contributed by atoms with Gasteiger partial charge in [-0.15, -0.1) is 11.3 Å². The Bertz CT molecular complexity index is 504. The number of carbonyl (C=O) groups excluding carboxylic acids is 1. The molecule has 21 heavy (non-hydrogen) atoms. The van der Waals surface area contributed by atoms with Gasteiger partial charge in [0.05, 0.1) is 6.04 Å². The second kappa shape index (κ2) is 7.25. The highest BCUT2D eigenvalue weighted by molar-refractivity contribution is 7.09. The molecule has 0 aromatic carbocycles. The molecule has 10 heteroatoms. The van der Waals surface area contributed by atoms with Crippen LogP contribution in [0.15, 0.2) is 5.38 Å². The van der Waals surface area contributed by atoms with Gasteiger partial charge in [-0.05, 0) is 13.3 Å². The number of carbonyl (C=O) groups is 2. The lowest BCUT2D eigenvalue weighted by atomic mass is 10.3. The molecule has 0 spiro atoms. The van der Waals surface area contributed by atoms with E-state index in [0.717, 1.165) is 16.7 Å². The Kier molecular flexibility index (Phi) is 5.94. The Morgan fingerprint density at radius 1 is 1.48 bits per heavy atom. The molecular weight excluding hydrogens is 311 g/mol. The lowest BCUT2D eigenvalue weighted by Gasteiger charge is -2.12. The Labute approximate surface area is 122 Å². The van der Waals surface area contributed by atoms with E-state index in [-0.39, 0.29) is 24.4 Å². The molecule has 0 saturated carbocycles. The molecule has 0 radical (unpaired) electrons. The van der Waals surface area contributed by atoms with Crippen molar-refractivity contribution in [3.05, 3.63) is 16.1 Å². The van der Waals surface area contributed by atoms with Crippen LogP contribution in [0.4, 0.5) is 18.0 Å². The van der Waals surface area contributed by atoms with Crippen LogP contribution in [-0.4, -0.2) is 28.6 Å². The predicted octanol–water partition coefficient (Wildman–Crippen LogP) is 2.39. The average molecular weight is 325 g/mol. The van der Waals surface area contributed by atoms with E-state index >= 15 is 0 Å². The molecule has 6 nitrogen and oxygen atoms in total. The number of urea groups is 1. The summed E-state index contributed by atoms with van der Waals surface area (Å²) >= 11 is 0.807. The van der Waals surface area contributed by atoms with Crippen molar-refractivity contribution < 1.29 is 27.9 Å². The summed E-state index contributed by atoms with van der Waals surface area (Å²) in [6, 6.07) is -1.26. The van der Waals surface area contributed by atoms with Crippen LogP contribution in [-0.2, 0) is 11.0 Å². The fourth-order valence-electron chi connectivity index (χ4n) is 1.37. The fraction of sp³-hybridized carbons (Fsp3) is 0.545. The summed E-state index contributed by atoms with van der Waals surface area (Å²) in [6.07, 6.45) is -4.31. The van der Waals surface area contributed by atoms with Crippen molar-refractivity contribution in [2.24, 2.45) is 0 Å². The third kappa shape index (κ3) is 5.98. The van der Waals surface area contributed by atoms with Gasteiger partial charge in [-0.3, -0.25) is 4.79 Å². The summed E-state index contributed by atoms with van der Waals surface area (Å²) in [6.45, 7) is 1.67. The van der Waals surface area contributed by atoms with Gasteiger partial charge in [0, 0.05) is 18.3 Å². The van der Waals surface area contributed by atoms with Gasteiger partial charge in [0.2, 0.25) is 0 Å². The lowest BCUT2D eigenvalue weighted by Crippen LogP contribution is -2.37. The first-order valence-corrected chi connectivity index (χ1v) is 6.87. The number of amides is 2. The molecule has 1 aromatic heterocycles. The lowest BCUT2D eigenvalue weighted by molar-refractivity contribution is -0.141. The smallest absolute Gasteiger partial charge is 0.434 e. The van der Waals surface area contributed by atoms with Crippen molar-refractivity contribution in [1.29, 1.82) is 0 Å². The molecule has 2 amide bonds. The van der Waals surface area contributed by atoms with Gasteiger partial charge >= 0.3 is 18.2 Å². The van der Waals surface area contributed by atoms with Gasteiger partial charge < -0.3 is 15.7 Å². The van der Waals surface area contributed by atoms with E-state index < -0.39 is 29.9 Å². The van der Waals surface area contributed by atoms with E-state index in [0.29, 0.717) is 0 Å². The first-order valence-electron chi connectivity index (χ1n) is 5.99. The van der Waals surface area contributed by atoms with E-state index in [1.165, 1.54) is 6.92 Å². The maximum atomic E-state index is 12.4. The summed E-state index contributed by atoms with van der Waals surface area (Å²) in [4.78, 5) is 25.2. The topological polar surface area (TPSA) is 91.3 Å². The van der Waals surface area contributed by atoms with Crippen molar-refractivity contribution in [2.75, 3.05) is 6.54 Å². The minimum absolute atomic E-state index is 0.0722. The molecule has 1 aromatic rings. The van der Waals surface area contributed by atoms with Crippen LogP contribution < -0.4 is 10.6 Å². The highest BCUT2D eigenvalue weighted by Gasteiger charge is 2.34. The van der Waals surface area contributed by atoms with Crippen LogP contribution >= 0.6 is 11.3 Å². The molecule has 1 rings (SSSR count). The highest BCUT2D eigenvalue weighted by atomic mass is 32.1. The average Bonchev–Trinajstić information content (AvgIpc) is 2.83. The summed E-state index contributed by atoms with van der Waals surface area (Å²) in [5.74, 6) is -0.965. The van der Waals surface area contributed by atoms with E-state index in [1.54, 1.807) is 0 Å². The highest BCUT2D eigenvalue weighted by Crippen LogP contribution is 2.31. The van der Waals surface area contributed by atoms with Crippen LogP contribution in [0.25, 0.3) is 0 Å². The zero-order valence-corrected chi connectivity index (χ0v) is 11.8. The van der Waals surface area contributed by atoms with Crippen molar-refractivity contribution in [2.45, 2.75) is 32.0 Å². The molecule has 1 unspecified atom stereocenters. The van der Waals surface area contributed by atoms with Gasteiger partial charge in [0.15, 0.2) is 5.69 Å². The molecule has 118 valence electrons. The third-order valence-corrected chi connectivity index (χ3v) is 3.41. The molecule has 3 N–H and O–H groups in total. The number of rotatable bonds is 6. The van der Waals surface area contributed by atoms with Gasteiger partial charge in [-0.25, -0.2) is 9.78 Å². The van der Waals surface area contributed by atoms with Gasteiger partial charge in [-0.2, -0.15) is 13.2 Å². The Balaban J connectivity index is 2.42. The first kappa shape index (κ1) is 17.2. The van der Waals surface area contributed by atoms with E-state index in [1.807, 2.05) is 0 Å². The van der Waals surface area contributed by atoms with Crippen molar-refractivity contribution >= 4 is 23.3 Å². The summed E-state index contributed by atoms with van der Waals surface area (Å²) in [7, 11) is 0. The van der Waals surface area contributed by atoms with Crippen molar-refractivity contribution in [1.82, 2.24) is 15.6 Å². The number of aliphatic carboxylic acids is 1. The molecule has 1 heterocycles. The fourth-order valence-corrected chi connectivity index (χ4v) is 2.20. The maximum absolute atomic E-state index is 12.4. The largest absolute Gasteiger partial charge is 0.481 e. The zero-order valence-electron chi connectivity index (χ0n) is 11.0. The van der Waals surface area contributed by atoms with Crippen LogP contribution in [0.1, 0.15) is 36.5 Å². The van der Waals surface area contributed by atoms with Crippen molar-refractivity contribution in [3.63, 3.8) is 0 Å². The molecule has 0 aliphatic rings. The van der Waals surface area contributed by atoms with Crippen LogP contribution in [0.5, 0.6) is 0 Å². The molecule has 0 aliphatic carbocycles. The van der Waals surface area contributed by atoms with E-state index in [9.17, 15) is 22.8 Å². The number of nitrogens with one attached hydrogen (secondary N) is 2. The number of hydrogen-bond donors (Lipinski definition) is 3. The van der Waals surface area contributed by atoms with Gasteiger partial charge in [0.25, 0.3) is 0 Å². The molecule has 0 saturated heterocycles. The normalized spacial score (nSPS) is 12.8. The van der Waals surface area contributed by atoms with Gasteiger partial charge in [0.1, 0.15) is 5.01 Å². The third-order valence-electron chi connectivity index (χ3n) is 2.38. The molecule has 0 bridgehead atoms. The minimum atomic E-state index is -4.51. The summed E-state index contributed by atoms with van der Waals surface area (Å²) in [5.41, 5.74) is -0.988. The Hall–Kier alpha value is -1.84. The van der Waals surface area contributed by atoms with Gasteiger partial charge in [-0.1, -0.05) is 0 Å². The molecule has 1 atom stereocenters. The van der Waals surface area contributed by atoms with Crippen LogP contribution in [0, 0.1) is 0 Å². The SMILES string of the molecule is CC(NC(=O)NCCCC(=O)O)c1nc(C(F)(F)F)cs1. The summed E-state index contributed by atoms with van der Waals surface area (Å²) in [5, 5.41) is 14.3. The number of hydrogen-bond acceptors (Lipinski definition) is 4. The number of nitrogens with zero attached hydrogens (tertiary/aromatic N) is 1. The number of aromatic nitrogens is 1. The number of halogens is 3. The minimum Gasteiger partial charge on any atom is -0.481 e. The first-order chi connectivity index (χ1) is 9.70. The number of thiazole rings is 1. The quantitative estimate of drug-likeness (QED) is 0.700. The number of alkyl halides is 3. The monoisotopic (exact) mass is 325 g/mol. The molecule has 0 fully saturated rings. The molecular formula is C11H14F3N3O3S. The predicted molar refractivity (Wildman–Crippen MR) is 68.9 cm³/mol. The zero-order chi connectivity index (χ0) is 16.0. The second-order valence-electron chi connectivity index (χ2n) is 4.19.